The van der Waals surface area contributed by atoms with Crippen molar-refractivity contribution in [1.29, 1.82) is 0 Å². The molecule has 0 aliphatic carbocycles. The summed E-state index contributed by atoms with van der Waals surface area (Å²) >= 11 is 0. The van der Waals surface area contributed by atoms with Gasteiger partial charge in [-0.25, -0.2) is 0 Å². The van der Waals surface area contributed by atoms with Crippen LogP contribution in [0.3, 0.4) is 0 Å². The first-order chi connectivity index (χ1) is 8.99. The highest BCUT2D eigenvalue weighted by Crippen LogP contribution is 2.26. The van der Waals surface area contributed by atoms with Crippen LogP contribution in [-0.2, 0) is 11.2 Å². The molecule has 0 radical (unpaired) electrons. The van der Waals surface area contributed by atoms with Gasteiger partial charge in [0.1, 0.15) is 0 Å². The molecule has 0 heterocycles. The maximum absolute atomic E-state index is 6.03. The molecule has 1 aromatic rings. The standard InChI is InChI=1S/C17H29NO/c1-6-18-15(13-14-11-9-8-10-12-14)16(19-7-2)17(3,4)5/h8-12,15-16,18H,6-7,13H2,1-5H3. The molecular weight excluding hydrogens is 234 g/mol. The molecule has 2 heteroatoms. The highest BCUT2D eigenvalue weighted by atomic mass is 16.5. The molecule has 0 aromatic heterocycles. The first-order valence-electron chi connectivity index (χ1n) is 7.38. The summed E-state index contributed by atoms with van der Waals surface area (Å²) in [5, 5.41) is 3.60. The molecule has 108 valence electrons. The summed E-state index contributed by atoms with van der Waals surface area (Å²) in [6.07, 6.45) is 1.23. The van der Waals surface area contributed by atoms with Crippen LogP contribution >= 0.6 is 0 Å². The topological polar surface area (TPSA) is 21.3 Å². The Labute approximate surface area is 118 Å². The van der Waals surface area contributed by atoms with Gasteiger partial charge in [-0.05, 0) is 30.9 Å². The third-order valence-corrected chi connectivity index (χ3v) is 3.33. The first kappa shape index (κ1) is 16.2. The fraction of sp³-hybridized carbons (Fsp3) is 0.647. The van der Waals surface area contributed by atoms with Gasteiger partial charge in [0.15, 0.2) is 0 Å². The van der Waals surface area contributed by atoms with Crippen LogP contribution in [0.1, 0.15) is 40.2 Å². The van der Waals surface area contributed by atoms with Crippen LogP contribution in [0, 0.1) is 5.41 Å². The van der Waals surface area contributed by atoms with Crippen molar-refractivity contribution >= 4 is 0 Å². The second kappa shape index (κ2) is 7.66. The van der Waals surface area contributed by atoms with E-state index < -0.39 is 0 Å². The first-order valence-corrected chi connectivity index (χ1v) is 7.38. The molecule has 0 aliphatic rings. The zero-order valence-electron chi connectivity index (χ0n) is 13.1. The smallest absolute Gasteiger partial charge is 0.0779 e. The molecular formula is C17H29NO. The lowest BCUT2D eigenvalue weighted by molar-refractivity contribution is -0.0352. The van der Waals surface area contributed by atoms with Crippen LogP contribution in [0.25, 0.3) is 0 Å². The van der Waals surface area contributed by atoms with Gasteiger partial charge in [-0.15, -0.1) is 0 Å². The van der Waals surface area contributed by atoms with E-state index >= 15 is 0 Å². The summed E-state index contributed by atoms with van der Waals surface area (Å²) in [5.41, 5.74) is 1.50. The maximum Gasteiger partial charge on any atom is 0.0779 e. The highest BCUT2D eigenvalue weighted by molar-refractivity contribution is 5.16. The highest BCUT2D eigenvalue weighted by Gasteiger charge is 2.32. The summed E-state index contributed by atoms with van der Waals surface area (Å²) in [4.78, 5) is 0. The molecule has 0 bridgehead atoms. The predicted octanol–water partition coefficient (Wildman–Crippen LogP) is 3.66. The van der Waals surface area contributed by atoms with Crippen molar-refractivity contribution in [1.82, 2.24) is 5.32 Å². The van der Waals surface area contributed by atoms with Crippen molar-refractivity contribution in [3.05, 3.63) is 35.9 Å². The zero-order valence-corrected chi connectivity index (χ0v) is 13.1. The lowest BCUT2D eigenvalue weighted by Gasteiger charge is -2.37. The van der Waals surface area contributed by atoms with Gasteiger partial charge in [0.05, 0.1) is 6.10 Å². The Balaban J connectivity index is 2.84. The number of benzene rings is 1. The van der Waals surface area contributed by atoms with Gasteiger partial charge >= 0.3 is 0 Å². The third kappa shape index (κ3) is 5.33. The minimum Gasteiger partial charge on any atom is -0.376 e. The lowest BCUT2D eigenvalue weighted by atomic mass is 9.82. The second-order valence-corrected chi connectivity index (χ2v) is 6.10. The summed E-state index contributed by atoms with van der Waals surface area (Å²) < 4.78 is 6.03. The summed E-state index contributed by atoms with van der Waals surface area (Å²) in [5.74, 6) is 0. The number of nitrogens with one attached hydrogen (secondary N) is 1. The van der Waals surface area contributed by atoms with E-state index in [1.807, 2.05) is 0 Å². The van der Waals surface area contributed by atoms with Crippen molar-refractivity contribution in [3.63, 3.8) is 0 Å². The third-order valence-electron chi connectivity index (χ3n) is 3.33. The Morgan fingerprint density at radius 3 is 2.21 bits per heavy atom. The molecule has 0 saturated carbocycles. The van der Waals surface area contributed by atoms with E-state index in [4.69, 9.17) is 4.74 Å². The Morgan fingerprint density at radius 2 is 1.74 bits per heavy atom. The van der Waals surface area contributed by atoms with Crippen LogP contribution in [-0.4, -0.2) is 25.3 Å². The van der Waals surface area contributed by atoms with Crippen molar-refractivity contribution in [2.24, 2.45) is 5.41 Å². The number of hydrogen-bond acceptors (Lipinski definition) is 2. The summed E-state index contributed by atoms with van der Waals surface area (Å²) in [6, 6.07) is 11.0. The lowest BCUT2D eigenvalue weighted by Crippen LogP contribution is -2.49. The van der Waals surface area contributed by atoms with Crippen LogP contribution in [0.2, 0.25) is 0 Å². The minimum absolute atomic E-state index is 0.137. The molecule has 2 unspecified atom stereocenters. The van der Waals surface area contributed by atoms with Crippen LogP contribution in [0.4, 0.5) is 0 Å². The second-order valence-electron chi connectivity index (χ2n) is 6.10. The SMILES string of the molecule is CCNC(Cc1ccccc1)C(OCC)C(C)(C)C. The van der Waals surface area contributed by atoms with Gasteiger partial charge in [-0.2, -0.15) is 0 Å². The van der Waals surface area contributed by atoms with Gasteiger partial charge in [-0.3, -0.25) is 0 Å². The molecule has 0 fully saturated rings. The quantitative estimate of drug-likeness (QED) is 0.810. The largest absolute Gasteiger partial charge is 0.376 e. The summed E-state index contributed by atoms with van der Waals surface area (Å²) in [7, 11) is 0. The van der Waals surface area contributed by atoms with E-state index in [9.17, 15) is 0 Å². The summed E-state index contributed by atoms with van der Waals surface area (Å²) in [6.45, 7) is 12.7. The monoisotopic (exact) mass is 263 g/mol. The Hall–Kier alpha value is -0.860. The van der Waals surface area contributed by atoms with E-state index in [0.29, 0.717) is 6.04 Å². The Bertz CT molecular complexity index is 342. The number of rotatable bonds is 7. The molecule has 0 saturated heterocycles. The van der Waals surface area contributed by atoms with E-state index in [1.165, 1.54) is 5.56 Å². The van der Waals surface area contributed by atoms with Gasteiger partial charge < -0.3 is 10.1 Å². The Morgan fingerprint density at radius 1 is 1.11 bits per heavy atom. The van der Waals surface area contributed by atoms with E-state index in [2.05, 4.69) is 70.3 Å². The molecule has 1 N–H and O–H groups in total. The van der Waals surface area contributed by atoms with Gasteiger partial charge in [0.25, 0.3) is 0 Å². The molecule has 2 nitrogen and oxygen atoms in total. The van der Waals surface area contributed by atoms with Gasteiger partial charge in [-0.1, -0.05) is 58.0 Å². The fourth-order valence-corrected chi connectivity index (χ4v) is 2.57. The van der Waals surface area contributed by atoms with Crippen molar-refractivity contribution in [2.75, 3.05) is 13.2 Å². The van der Waals surface area contributed by atoms with Crippen molar-refractivity contribution in [3.8, 4) is 0 Å². The molecule has 19 heavy (non-hydrogen) atoms. The van der Waals surface area contributed by atoms with E-state index in [1.54, 1.807) is 0 Å². The molecule has 1 aromatic carbocycles. The zero-order chi connectivity index (χ0) is 14.3. The number of likely N-dealkylation sites (N-methyl/N-ethyl adjacent to an activating group) is 1. The fourth-order valence-electron chi connectivity index (χ4n) is 2.57. The molecule has 1 rings (SSSR count). The van der Waals surface area contributed by atoms with Crippen LogP contribution in [0.15, 0.2) is 30.3 Å². The molecule has 0 amide bonds. The van der Waals surface area contributed by atoms with E-state index in [0.717, 1.165) is 19.6 Å². The van der Waals surface area contributed by atoms with Crippen molar-refractivity contribution < 1.29 is 4.74 Å². The number of hydrogen-bond donors (Lipinski definition) is 1. The predicted molar refractivity (Wildman–Crippen MR) is 82.5 cm³/mol. The molecule has 0 aliphatic heterocycles. The minimum atomic E-state index is 0.137. The van der Waals surface area contributed by atoms with E-state index in [-0.39, 0.29) is 11.5 Å². The van der Waals surface area contributed by atoms with Gasteiger partial charge in [0, 0.05) is 12.6 Å². The molecule has 0 spiro atoms. The average Bonchev–Trinajstić information content (AvgIpc) is 2.35. The van der Waals surface area contributed by atoms with Crippen molar-refractivity contribution in [2.45, 2.75) is 53.2 Å². The Kier molecular flexibility index (Phi) is 6.53. The normalized spacial score (nSPS) is 15.2. The molecule has 2 atom stereocenters. The van der Waals surface area contributed by atoms with Crippen LogP contribution in [0.5, 0.6) is 0 Å². The average molecular weight is 263 g/mol. The number of ether oxygens (including phenoxy) is 1. The van der Waals surface area contributed by atoms with Crippen LogP contribution < -0.4 is 5.32 Å². The van der Waals surface area contributed by atoms with Gasteiger partial charge in [0.2, 0.25) is 0 Å². The maximum atomic E-state index is 6.03.